The fourth-order valence-corrected chi connectivity index (χ4v) is 4.66. The number of rotatable bonds is 3. The molecule has 2 aliphatic rings. The number of hydrogen-bond donors (Lipinski definition) is 3. The highest BCUT2D eigenvalue weighted by atomic mass is 16.3. The summed E-state index contributed by atoms with van der Waals surface area (Å²) in [6.07, 6.45) is 3.25. The van der Waals surface area contributed by atoms with E-state index in [0.717, 1.165) is 67.6 Å². The number of aryl methyl sites for hydroxylation is 1. The molecule has 2 fully saturated rings. The van der Waals surface area contributed by atoms with Gasteiger partial charge in [0.2, 0.25) is 0 Å². The molecule has 134 valence electrons. The van der Waals surface area contributed by atoms with Crippen molar-refractivity contribution in [2.24, 2.45) is 5.41 Å². The first-order valence-corrected chi connectivity index (χ1v) is 9.29. The molecule has 4 rings (SSSR count). The van der Waals surface area contributed by atoms with E-state index in [-0.39, 0.29) is 17.5 Å². The normalized spacial score (nSPS) is 27.4. The number of nitrogens with zero attached hydrogens (tertiary/aromatic N) is 1. The lowest BCUT2D eigenvalue weighted by atomic mass is 9.71. The summed E-state index contributed by atoms with van der Waals surface area (Å²) in [4.78, 5) is 18.3. The maximum atomic E-state index is 12.5. The Hall–Kier alpha value is -1.69. The second kappa shape index (κ2) is 6.56. The van der Waals surface area contributed by atoms with Crippen LogP contribution in [0, 0.1) is 12.3 Å². The third-order valence-corrected chi connectivity index (χ3v) is 6.00. The first-order chi connectivity index (χ1) is 12.1. The van der Waals surface area contributed by atoms with Crippen LogP contribution in [0.25, 0.3) is 10.9 Å². The number of hydrogen-bond acceptors (Lipinski definition) is 4. The number of nitrogens with one attached hydrogen (secondary N) is 2. The number of pyridine rings is 1. The predicted molar refractivity (Wildman–Crippen MR) is 99.7 cm³/mol. The van der Waals surface area contributed by atoms with Crippen LogP contribution in [0.5, 0.6) is 0 Å². The molecule has 1 aromatic heterocycles. The Morgan fingerprint density at radius 3 is 3.08 bits per heavy atom. The van der Waals surface area contributed by atoms with Gasteiger partial charge in [-0.25, -0.2) is 0 Å². The molecular weight excluding hydrogens is 314 g/mol. The van der Waals surface area contributed by atoms with Crippen LogP contribution < -0.4 is 10.7 Å². The standard InChI is InChI=1S/C20H27N3O2/c1-14-3-4-17-16(9-14)18(25)10-15(22-17)11-23-8-5-19-20(12-23,13-24)6-2-7-21-19/h3-4,9-10,19,21,24H,2,5-8,11-13H2,1H3,(H,22,25)/t19-,20-/m1/s1. The molecule has 0 saturated carbocycles. The molecule has 0 unspecified atom stereocenters. The number of likely N-dealkylation sites (tertiary alicyclic amines) is 1. The van der Waals surface area contributed by atoms with E-state index in [4.69, 9.17) is 0 Å². The SMILES string of the molecule is Cc1ccc2[nH]c(CN3CC[C@H]4NCCC[C@]4(CO)C3)cc(=O)c2c1. The van der Waals surface area contributed by atoms with E-state index in [1.54, 1.807) is 6.07 Å². The summed E-state index contributed by atoms with van der Waals surface area (Å²) in [5.74, 6) is 0. The fourth-order valence-electron chi connectivity index (χ4n) is 4.66. The number of benzene rings is 1. The first-order valence-electron chi connectivity index (χ1n) is 9.29. The quantitative estimate of drug-likeness (QED) is 0.796. The summed E-state index contributed by atoms with van der Waals surface area (Å²) < 4.78 is 0. The van der Waals surface area contributed by atoms with E-state index in [2.05, 4.69) is 15.2 Å². The Balaban J connectivity index is 1.57. The van der Waals surface area contributed by atoms with Gasteiger partial charge in [0, 0.05) is 53.8 Å². The molecule has 3 N–H and O–H groups in total. The van der Waals surface area contributed by atoms with Gasteiger partial charge in [0.25, 0.3) is 0 Å². The Morgan fingerprint density at radius 1 is 1.36 bits per heavy atom. The van der Waals surface area contributed by atoms with Crippen LogP contribution in [0.15, 0.2) is 29.1 Å². The van der Waals surface area contributed by atoms with Crippen molar-refractivity contribution in [3.8, 4) is 0 Å². The van der Waals surface area contributed by atoms with Crippen molar-refractivity contribution in [2.75, 3.05) is 26.2 Å². The number of aliphatic hydroxyl groups excluding tert-OH is 1. The minimum absolute atomic E-state index is 0.0369. The largest absolute Gasteiger partial charge is 0.396 e. The summed E-state index contributed by atoms with van der Waals surface area (Å²) >= 11 is 0. The Morgan fingerprint density at radius 2 is 2.24 bits per heavy atom. The Kier molecular flexibility index (Phi) is 4.40. The van der Waals surface area contributed by atoms with Gasteiger partial charge in [-0.1, -0.05) is 11.6 Å². The fraction of sp³-hybridized carbons (Fsp3) is 0.550. The van der Waals surface area contributed by atoms with Gasteiger partial charge in [-0.2, -0.15) is 0 Å². The van der Waals surface area contributed by atoms with Crippen LogP contribution in [-0.2, 0) is 6.54 Å². The monoisotopic (exact) mass is 341 g/mol. The first kappa shape index (κ1) is 16.8. The molecule has 5 nitrogen and oxygen atoms in total. The summed E-state index contributed by atoms with van der Waals surface area (Å²) in [5, 5.41) is 14.4. The topological polar surface area (TPSA) is 68.4 Å². The molecule has 0 amide bonds. The molecule has 0 radical (unpaired) electrons. The van der Waals surface area contributed by atoms with Crippen molar-refractivity contribution in [3.63, 3.8) is 0 Å². The van der Waals surface area contributed by atoms with Gasteiger partial charge < -0.3 is 15.4 Å². The van der Waals surface area contributed by atoms with E-state index in [9.17, 15) is 9.90 Å². The number of aromatic nitrogens is 1. The summed E-state index contributed by atoms with van der Waals surface area (Å²) in [5.41, 5.74) is 3.00. The Labute approximate surface area is 148 Å². The number of piperidine rings is 2. The molecule has 1 aromatic carbocycles. The van der Waals surface area contributed by atoms with Gasteiger partial charge >= 0.3 is 0 Å². The van der Waals surface area contributed by atoms with Crippen molar-refractivity contribution in [1.29, 1.82) is 0 Å². The molecule has 2 atom stereocenters. The highest BCUT2D eigenvalue weighted by Crippen LogP contribution is 2.37. The van der Waals surface area contributed by atoms with Gasteiger partial charge in [-0.05, 0) is 44.9 Å². The number of aromatic amines is 1. The molecule has 3 heterocycles. The van der Waals surface area contributed by atoms with Crippen LogP contribution in [0.3, 0.4) is 0 Å². The van der Waals surface area contributed by atoms with Crippen LogP contribution in [-0.4, -0.2) is 47.3 Å². The van der Waals surface area contributed by atoms with Gasteiger partial charge in [0.1, 0.15) is 0 Å². The average Bonchev–Trinajstić information content (AvgIpc) is 2.62. The molecule has 0 aliphatic carbocycles. The van der Waals surface area contributed by atoms with E-state index in [1.807, 2.05) is 25.1 Å². The van der Waals surface area contributed by atoms with Crippen molar-refractivity contribution in [1.82, 2.24) is 15.2 Å². The van der Waals surface area contributed by atoms with E-state index in [0.29, 0.717) is 6.04 Å². The highest BCUT2D eigenvalue weighted by molar-refractivity contribution is 5.79. The lowest BCUT2D eigenvalue weighted by Crippen LogP contribution is -2.61. The second-order valence-electron chi connectivity index (χ2n) is 7.84. The van der Waals surface area contributed by atoms with Crippen LogP contribution in [0.1, 0.15) is 30.5 Å². The molecule has 25 heavy (non-hydrogen) atoms. The van der Waals surface area contributed by atoms with Crippen molar-refractivity contribution in [3.05, 3.63) is 45.7 Å². The van der Waals surface area contributed by atoms with Crippen LogP contribution >= 0.6 is 0 Å². The maximum absolute atomic E-state index is 12.5. The number of H-pyrrole nitrogens is 1. The molecule has 2 saturated heterocycles. The van der Waals surface area contributed by atoms with Gasteiger partial charge in [-0.3, -0.25) is 9.69 Å². The zero-order valence-corrected chi connectivity index (χ0v) is 14.8. The molecule has 2 aromatic rings. The molecule has 0 spiro atoms. The lowest BCUT2D eigenvalue weighted by Gasteiger charge is -2.50. The van der Waals surface area contributed by atoms with E-state index >= 15 is 0 Å². The van der Waals surface area contributed by atoms with Crippen molar-refractivity contribution in [2.45, 2.75) is 38.8 Å². The van der Waals surface area contributed by atoms with Crippen LogP contribution in [0.4, 0.5) is 0 Å². The number of aliphatic hydroxyl groups is 1. The zero-order valence-electron chi connectivity index (χ0n) is 14.8. The smallest absolute Gasteiger partial charge is 0.189 e. The molecule has 2 aliphatic heterocycles. The minimum Gasteiger partial charge on any atom is -0.396 e. The summed E-state index contributed by atoms with van der Waals surface area (Å²) in [7, 11) is 0. The maximum Gasteiger partial charge on any atom is 0.189 e. The Bertz CT molecular complexity index is 831. The zero-order chi connectivity index (χ0) is 17.4. The molecule has 5 heteroatoms. The highest BCUT2D eigenvalue weighted by Gasteiger charge is 2.44. The third kappa shape index (κ3) is 3.12. The summed E-state index contributed by atoms with van der Waals surface area (Å²) in [6, 6.07) is 8.11. The number of fused-ring (bicyclic) bond motifs is 2. The molecule has 0 bridgehead atoms. The predicted octanol–water partition coefficient (Wildman–Crippen LogP) is 1.77. The third-order valence-electron chi connectivity index (χ3n) is 6.00. The second-order valence-corrected chi connectivity index (χ2v) is 7.84. The summed E-state index contributed by atoms with van der Waals surface area (Å²) in [6.45, 7) is 5.90. The lowest BCUT2D eigenvalue weighted by molar-refractivity contribution is -0.0226. The van der Waals surface area contributed by atoms with Gasteiger partial charge in [-0.15, -0.1) is 0 Å². The van der Waals surface area contributed by atoms with E-state index in [1.165, 1.54) is 0 Å². The minimum atomic E-state index is -0.0369. The van der Waals surface area contributed by atoms with Gasteiger partial charge in [0.15, 0.2) is 5.43 Å². The molecular formula is C20H27N3O2. The van der Waals surface area contributed by atoms with Crippen molar-refractivity contribution >= 4 is 10.9 Å². The van der Waals surface area contributed by atoms with Gasteiger partial charge in [0.05, 0.1) is 6.61 Å². The van der Waals surface area contributed by atoms with E-state index < -0.39 is 0 Å². The van der Waals surface area contributed by atoms with Crippen LogP contribution in [0.2, 0.25) is 0 Å². The average molecular weight is 341 g/mol. The van der Waals surface area contributed by atoms with Crippen molar-refractivity contribution < 1.29 is 5.11 Å².